The molecule has 3 heterocycles. The Balaban J connectivity index is 1.24. The maximum Gasteiger partial charge on any atom is 0.252 e. The highest BCUT2D eigenvalue weighted by atomic mass is 16.5. The van der Waals surface area contributed by atoms with Crippen molar-refractivity contribution in [3.63, 3.8) is 0 Å². The Hall–Kier alpha value is -3.49. The van der Waals surface area contributed by atoms with Crippen molar-refractivity contribution in [2.45, 2.75) is 45.6 Å². The first-order valence-corrected chi connectivity index (χ1v) is 10.6. The Morgan fingerprint density at radius 2 is 1.97 bits per heavy atom. The van der Waals surface area contributed by atoms with E-state index in [1.165, 1.54) is 19.2 Å². The highest BCUT2D eigenvalue weighted by molar-refractivity contribution is 5.93. The molecule has 0 spiro atoms. The lowest BCUT2D eigenvalue weighted by Crippen LogP contribution is -2.29. The van der Waals surface area contributed by atoms with Gasteiger partial charge in [-0.05, 0) is 51.7 Å². The second-order valence-corrected chi connectivity index (χ2v) is 7.69. The SMILES string of the molecule is Cc1cc(C)n(-c2cc(NCCNC(=O)c3ccc(OC4CCCC4)nc3)ncn2)n1. The fourth-order valence-corrected chi connectivity index (χ4v) is 3.65. The summed E-state index contributed by atoms with van der Waals surface area (Å²) in [7, 11) is 0. The van der Waals surface area contributed by atoms with Crippen LogP contribution in [-0.2, 0) is 0 Å². The van der Waals surface area contributed by atoms with E-state index in [0.717, 1.165) is 24.2 Å². The summed E-state index contributed by atoms with van der Waals surface area (Å²) in [4.78, 5) is 25.1. The zero-order valence-electron chi connectivity index (χ0n) is 17.8. The summed E-state index contributed by atoms with van der Waals surface area (Å²) >= 11 is 0. The highest BCUT2D eigenvalue weighted by Gasteiger charge is 2.17. The van der Waals surface area contributed by atoms with Crippen LogP contribution in [0.15, 0.2) is 36.8 Å². The maximum atomic E-state index is 12.3. The Morgan fingerprint density at radius 1 is 1.13 bits per heavy atom. The molecule has 1 aliphatic rings. The second-order valence-electron chi connectivity index (χ2n) is 7.69. The fraction of sp³-hybridized carbons (Fsp3) is 0.409. The third-order valence-electron chi connectivity index (χ3n) is 5.18. The molecule has 0 aromatic carbocycles. The van der Waals surface area contributed by atoms with Gasteiger partial charge in [-0.25, -0.2) is 19.6 Å². The molecule has 1 fully saturated rings. The van der Waals surface area contributed by atoms with Crippen molar-refractivity contribution in [2.24, 2.45) is 0 Å². The van der Waals surface area contributed by atoms with Crippen LogP contribution in [0.3, 0.4) is 0 Å². The molecular formula is C22H27N7O2. The van der Waals surface area contributed by atoms with Gasteiger partial charge in [0.05, 0.1) is 11.3 Å². The van der Waals surface area contributed by atoms with Crippen LogP contribution in [0.5, 0.6) is 5.88 Å². The van der Waals surface area contributed by atoms with Gasteiger partial charge in [0.25, 0.3) is 5.91 Å². The van der Waals surface area contributed by atoms with Gasteiger partial charge in [-0.1, -0.05) is 0 Å². The maximum absolute atomic E-state index is 12.3. The van der Waals surface area contributed by atoms with E-state index >= 15 is 0 Å². The largest absolute Gasteiger partial charge is 0.474 e. The number of hydrogen-bond acceptors (Lipinski definition) is 7. The zero-order valence-corrected chi connectivity index (χ0v) is 17.8. The predicted octanol–water partition coefficient (Wildman–Crippen LogP) is 2.84. The summed E-state index contributed by atoms with van der Waals surface area (Å²) < 4.78 is 7.61. The molecule has 0 aliphatic heterocycles. The molecule has 3 aromatic heterocycles. The molecule has 9 nitrogen and oxygen atoms in total. The summed E-state index contributed by atoms with van der Waals surface area (Å²) in [5.41, 5.74) is 2.44. The topological polar surface area (TPSA) is 107 Å². The van der Waals surface area contributed by atoms with E-state index in [2.05, 4.69) is 30.7 Å². The normalized spacial score (nSPS) is 13.9. The van der Waals surface area contributed by atoms with E-state index in [9.17, 15) is 4.79 Å². The number of pyridine rings is 1. The third-order valence-corrected chi connectivity index (χ3v) is 5.18. The summed E-state index contributed by atoms with van der Waals surface area (Å²) in [5, 5.41) is 10.5. The number of aromatic nitrogens is 5. The van der Waals surface area contributed by atoms with Crippen molar-refractivity contribution in [3.8, 4) is 11.7 Å². The molecule has 162 valence electrons. The first-order valence-electron chi connectivity index (χ1n) is 10.6. The Bertz CT molecular complexity index is 1030. The average Bonchev–Trinajstić information content (AvgIpc) is 3.40. The molecule has 1 saturated carbocycles. The molecule has 31 heavy (non-hydrogen) atoms. The van der Waals surface area contributed by atoms with Crippen molar-refractivity contribution in [2.75, 3.05) is 18.4 Å². The van der Waals surface area contributed by atoms with Crippen molar-refractivity contribution in [1.29, 1.82) is 0 Å². The van der Waals surface area contributed by atoms with E-state index in [1.54, 1.807) is 23.0 Å². The monoisotopic (exact) mass is 421 g/mol. The molecule has 2 N–H and O–H groups in total. The van der Waals surface area contributed by atoms with E-state index in [-0.39, 0.29) is 12.0 Å². The summed E-state index contributed by atoms with van der Waals surface area (Å²) in [5.74, 6) is 1.76. The van der Waals surface area contributed by atoms with Crippen LogP contribution in [0.25, 0.3) is 5.82 Å². The van der Waals surface area contributed by atoms with Gasteiger partial charge in [-0.2, -0.15) is 5.10 Å². The number of amides is 1. The van der Waals surface area contributed by atoms with Gasteiger partial charge >= 0.3 is 0 Å². The molecular weight excluding hydrogens is 394 g/mol. The molecule has 0 atom stereocenters. The van der Waals surface area contributed by atoms with Gasteiger partial charge in [-0.15, -0.1) is 0 Å². The molecule has 1 aliphatic carbocycles. The van der Waals surface area contributed by atoms with Gasteiger partial charge in [0, 0.05) is 37.1 Å². The Labute approximate surface area is 181 Å². The number of hydrogen-bond donors (Lipinski definition) is 2. The number of ether oxygens (including phenoxy) is 1. The first kappa shape index (κ1) is 20.8. The minimum atomic E-state index is -0.173. The smallest absolute Gasteiger partial charge is 0.252 e. The van der Waals surface area contributed by atoms with Crippen molar-refractivity contribution in [3.05, 3.63) is 53.7 Å². The quantitative estimate of drug-likeness (QED) is 0.539. The minimum absolute atomic E-state index is 0.173. The number of carbonyl (C=O) groups is 1. The van der Waals surface area contributed by atoms with Crippen LogP contribution < -0.4 is 15.4 Å². The number of anilines is 1. The van der Waals surface area contributed by atoms with Crippen molar-refractivity contribution in [1.82, 2.24) is 30.0 Å². The standard InChI is InChI=1S/C22H27N7O2/c1-15-11-16(2)29(28-15)20-12-19(26-14-27-20)23-9-10-24-22(30)17-7-8-21(25-13-17)31-18-5-3-4-6-18/h7-8,11-14,18H,3-6,9-10H2,1-2H3,(H,24,30)(H,23,26,27). The lowest BCUT2D eigenvalue weighted by molar-refractivity contribution is 0.0954. The lowest BCUT2D eigenvalue weighted by atomic mass is 10.2. The van der Waals surface area contributed by atoms with Crippen LogP contribution >= 0.6 is 0 Å². The number of aryl methyl sites for hydroxylation is 2. The Morgan fingerprint density at radius 3 is 2.68 bits per heavy atom. The third kappa shape index (κ3) is 5.36. The number of carbonyl (C=O) groups excluding carboxylic acids is 1. The fourth-order valence-electron chi connectivity index (χ4n) is 3.65. The summed E-state index contributed by atoms with van der Waals surface area (Å²) in [6.07, 6.45) is 7.86. The molecule has 9 heteroatoms. The van der Waals surface area contributed by atoms with Crippen LogP contribution in [-0.4, -0.2) is 49.8 Å². The highest BCUT2D eigenvalue weighted by Crippen LogP contribution is 2.22. The van der Waals surface area contributed by atoms with Crippen molar-refractivity contribution >= 4 is 11.7 Å². The second kappa shape index (κ2) is 9.55. The van der Waals surface area contributed by atoms with Gasteiger partial charge in [0.1, 0.15) is 18.2 Å². The van der Waals surface area contributed by atoms with Gasteiger partial charge in [0.2, 0.25) is 5.88 Å². The van der Waals surface area contributed by atoms with Crippen molar-refractivity contribution < 1.29 is 9.53 Å². The van der Waals surface area contributed by atoms with Crippen LogP contribution in [0.2, 0.25) is 0 Å². The van der Waals surface area contributed by atoms with Crippen LogP contribution in [0.4, 0.5) is 5.82 Å². The van der Waals surface area contributed by atoms with Crippen LogP contribution in [0, 0.1) is 13.8 Å². The Kier molecular flexibility index (Phi) is 6.40. The lowest BCUT2D eigenvalue weighted by Gasteiger charge is -2.12. The van der Waals surface area contributed by atoms with Gasteiger partial charge in [0.15, 0.2) is 5.82 Å². The number of nitrogens with one attached hydrogen (secondary N) is 2. The first-order chi connectivity index (χ1) is 15.1. The summed E-state index contributed by atoms with van der Waals surface area (Å²) in [6, 6.07) is 7.32. The zero-order chi connectivity index (χ0) is 21.6. The van der Waals surface area contributed by atoms with E-state index in [1.807, 2.05) is 26.0 Å². The van der Waals surface area contributed by atoms with Gasteiger partial charge in [-0.3, -0.25) is 4.79 Å². The summed E-state index contributed by atoms with van der Waals surface area (Å²) in [6.45, 7) is 4.89. The minimum Gasteiger partial charge on any atom is -0.474 e. The molecule has 3 aromatic rings. The van der Waals surface area contributed by atoms with E-state index < -0.39 is 0 Å². The molecule has 0 bridgehead atoms. The number of nitrogens with zero attached hydrogens (tertiary/aromatic N) is 5. The molecule has 1 amide bonds. The average molecular weight is 422 g/mol. The van der Waals surface area contributed by atoms with E-state index in [4.69, 9.17) is 4.74 Å². The molecule has 0 radical (unpaired) electrons. The van der Waals surface area contributed by atoms with Gasteiger partial charge < -0.3 is 15.4 Å². The molecule has 4 rings (SSSR count). The predicted molar refractivity (Wildman–Crippen MR) is 117 cm³/mol. The number of rotatable bonds is 8. The molecule has 0 saturated heterocycles. The van der Waals surface area contributed by atoms with Crippen LogP contribution in [0.1, 0.15) is 47.4 Å². The molecule has 0 unspecified atom stereocenters. The van der Waals surface area contributed by atoms with E-state index in [0.29, 0.717) is 36.2 Å².